The maximum absolute atomic E-state index is 12.7. The van der Waals surface area contributed by atoms with E-state index in [0.29, 0.717) is 5.75 Å². The number of rotatable bonds is 4. The van der Waals surface area contributed by atoms with Crippen LogP contribution in [0.4, 0.5) is 0 Å². The summed E-state index contributed by atoms with van der Waals surface area (Å²) in [5, 5.41) is 9.28. The van der Waals surface area contributed by atoms with Gasteiger partial charge in [0.25, 0.3) is 0 Å². The summed E-state index contributed by atoms with van der Waals surface area (Å²) in [5.41, 5.74) is -0.634. The molecule has 0 saturated carbocycles. The van der Waals surface area contributed by atoms with Crippen molar-refractivity contribution in [2.45, 2.75) is 30.4 Å². The third-order valence-electron chi connectivity index (χ3n) is 3.35. The fourth-order valence-corrected chi connectivity index (χ4v) is 4.04. The van der Waals surface area contributed by atoms with Crippen LogP contribution in [-0.2, 0) is 14.8 Å². The molecule has 1 aliphatic rings. The van der Waals surface area contributed by atoms with Gasteiger partial charge in [-0.2, -0.15) is 4.31 Å². The van der Waals surface area contributed by atoms with E-state index in [1.54, 1.807) is 12.1 Å². The quantitative estimate of drug-likeness (QED) is 0.892. The highest BCUT2D eigenvalue weighted by molar-refractivity contribution is 7.89. The first-order valence-corrected chi connectivity index (χ1v) is 8.15. The molecule has 1 atom stereocenters. The van der Waals surface area contributed by atoms with Crippen LogP contribution in [0.25, 0.3) is 0 Å². The van der Waals surface area contributed by atoms with Crippen LogP contribution in [0.3, 0.4) is 0 Å². The van der Waals surface area contributed by atoms with Gasteiger partial charge in [0.2, 0.25) is 10.0 Å². The number of methoxy groups -OCH3 is 1. The molecule has 1 aromatic carbocycles. The summed E-state index contributed by atoms with van der Waals surface area (Å²) in [5.74, 6) is 0.601. The summed E-state index contributed by atoms with van der Waals surface area (Å²) < 4.78 is 37.4. The largest absolute Gasteiger partial charge is 0.497 e. The van der Waals surface area contributed by atoms with Crippen molar-refractivity contribution in [1.29, 1.82) is 0 Å². The summed E-state index contributed by atoms with van der Waals surface area (Å²) in [6.07, 6.45) is -0.512. The Morgan fingerprint density at radius 3 is 2.52 bits per heavy atom. The molecule has 1 aliphatic heterocycles. The molecule has 1 fully saturated rings. The highest BCUT2D eigenvalue weighted by Gasteiger charge is 2.39. The van der Waals surface area contributed by atoms with E-state index in [1.807, 2.05) is 13.8 Å². The van der Waals surface area contributed by atoms with Gasteiger partial charge in [0.15, 0.2) is 0 Å². The Morgan fingerprint density at radius 1 is 1.38 bits per heavy atom. The molecular formula is C14H21NO5S. The molecule has 0 radical (unpaired) electrons. The lowest BCUT2D eigenvalue weighted by Crippen LogP contribution is -2.55. The molecule has 0 aromatic heterocycles. The average Bonchev–Trinajstić information content (AvgIpc) is 2.45. The molecule has 21 heavy (non-hydrogen) atoms. The number of hydrogen-bond donors (Lipinski definition) is 1. The first-order valence-electron chi connectivity index (χ1n) is 6.71. The Labute approximate surface area is 125 Å². The zero-order valence-electron chi connectivity index (χ0n) is 12.4. The standard InChI is InChI=1S/C14H21NO5S/c1-14(2)10-15(8-12(9-16)20-14)21(17,18)13-6-4-11(19-3)5-7-13/h4-7,12,16H,8-10H2,1-3H3. The molecule has 0 amide bonds. The predicted octanol–water partition coefficient (Wildman–Crippen LogP) is 0.856. The van der Waals surface area contributed by atoms with Crippen LogP contribution in [-0.4, -0.2) is 56.3 Å². The predicted molar refractivity (Wildman–Crippen MR) is 77.8 cm³/mol. The minimum absolute atomic E-state index is 0.147. The smallest absolute Gasteiger partial charge is 0.243 e. The molecule has 1 N–H and O–H groups in total. The summed E-state index contributed by atoms with van der Waals surface area (Å²) in [6, 6.07) is 6.26. The molecular weight excluding hydrogens is 294 g/mol. The van der Waals surface area contributed by atoms with Crippen molar-refractivity contribution in [1.82, 2.24) is 4.31 Å². The molecule has 7 heteroatoms. The Bertz CT molecular complexity index is 582. The van der Waals surface area contributed by atoms with E-state index in [4.69, 9.17) is 9.47 Å². The maximum Gasteiger partial charge on any atom is 0.243 e. The number of nitrogens with zero attached hydrogens (tertiary/aromatic N) is 1. The molecule has 6 nitrogen and oxygen atoms in total. The molecule has 0 spiro atoms. The van der Waals surface area contributed by atoms with Gasteiger partial charge < -0.3 is 14.6 Å². The van der Waals surface area contributed by atoms with Crippen molar-refractivity contribution in [3.63, 3.8) is 0 Å². The summed E-state index contributed by atoms with van der Waals surface area (Å²) in [4.78, 5) is 0.206. The highest BCUT2D eigenvalue weighted by atomic mass is 32.2. The van der Waals surface area contributed by atoms with Gasteiger partial charge in [-0.05, 0) is 38.1 Å². The van der Waals surface area contributed by atoms with E-state index in [9.17, 15) is 13.5 Å². The van der Waals surface area contributed by atoms with Gasteiger partial charge in [0.05, 0.1) is 30.3 Å². The highest BCUT2D eigenvalue weighted by Crippen LogP contribution is 2.27. The van der Waals surface area contributed by atoms with Gasteiger partial charge in [-0.15, -0.1) is 0 Å². The monoisotopic (exact) mass is 315 g/mol. The first-order chi connectivity index (χ1) is 9.78. The third-order valence-corrected chi connectivity index (χ3v) is 5.18. The van der Waals surface area contributed by atoms with Gasteiger partial charge in [-0.25, -0.2) is 8.42 Å². The molecule has 1 aromatic rings. The lowest BCUT2D eigenvalue weighted by atomic mass is 10.1. The minimum Gasteiger partial charge on any atom is -0.497 e. The molecule has 1 unspecified atom stereocenters. The van der Waals surface area contributed by atoms with Crippen LogP contribution in [0.2, 0.25) is 0 Å². The lowest BCUT2D eigenvalue weighted by molar-refractivity contribution is -0.131. The summed E-state index contributed by atoms with van der Waals surface area (Å²) in [7, 11) is -2.09. The Balaban J connectivity index is 2.29. The average molecular weight is 315 g/mol. The number of aliphatic hydroxyl groups excluding tert-OH is 1. The number of morpholine rings is 1. The Kier molecular flexibility index (Phi) is 4.57. The Hall–Kier alpha value is -1.15. The van der Waals surface area contributed by atoms with E-state index >= 15 is 0 Å². The number of hydrogen-bond acceptors (Lipinski definition) is 5. The van der Waals surface area contributed by atoms with Crippen LogP contribution in [0, 0.1) is 0 Å². The van der Waals surface area contributed by atoms with Crippen molar-refractivity contribution in [3.8, 4) is 5.75 Å². The molecule has 0 aliphatic carbocycles. The van der Waals surface area contributed by atoms with Crippen molar-refractivity contribution < 1.29 is 23.0 Å². The fourth-order valence-electron chi connectivity index (χ4n) is 2.42. The van der Waals surface area contributed by atoms with E-state index in [-0.39, 0.29) is 24.6 Å². The number of ether oxygens (including phenoxy) is 2. The van der Waals surface area contributed by atoms with E-state index in [1.165, 1.54) is 23.5 Å². The van der Waals surface area contributed by atoms with Gasteiger partial charge >= 0.3 is 0 Å². The molecule has 118 valence electrons. The van der Waals surface area contributed by atoms with E-state index in [0.717, 1.165) is 0 Å². The number of sulfonamides is 1. The van der Waals surface area contributed by atoms with Gasteiger partial charge in [0, 0.05) is 13.1 Å². The third kappa shape index (κ3) is 3.55. The lowest BCUT2D eigenvalue weighted by Gasteiger charge is -2.41. The molecule has 1 heterocycles. The van der Waals surface area contributed by atoms with Crippen LogP contribution in [0.5, 0.6) is 5.75 Å². The second-order valence-electron chi connectivity index (χ2n) is 5.66. The van der Waals surface area contributed by atoms with Gasteiger partial charge in [0.1, 0.15) is 5.75 Å². The van der Waals surface area contributed by atoms with Crippen molar-refractivity contribution in [3.05, 3.63) is 24.3 Å². The van der Waals surface area contributed by atoms with Gasteiger partial charge in [-0.1, -0.05) is 0 Å². The number of benzene rings is 1. The zero-order valence-corrected chi connectivity index (χ0v) is 13.3. The van der Waals surface area contributed by atoms with Crippen molar-refractivity contribution in [2.24, 2.45) is 0 Å². The van der Waals surface area contributed by atoms with Crippen LogP contribution < -0.4 is 4.74 Å². The van der Waals surface area contributed by atoms with E-state index in [2.05, 4.69) is 0 Å². The second-order valence-corrected chi connectivity index (χ2v) is 7.59. The topological polar surface area (TPSA) is 76.1 Å². The molecule has 1 saturated heterocycles. The number of aliphatic hydroxyl groups is 1. The second kappa shape index (κ2) is 5.92. The zero-order chi connectivity index (χ0) is 15.7. The van der Waals surface area contributed by atoms with Crippen molar-refractivity contribution >= 4 is 10.0 Å². The van der Waals surface area contributed by atoms with Crippen molar-refractivity contribution in [2.75, 3.05) is 26.8 Å². The summed E-state index contributed by atoms with van der Waals surface area (Å²) >= 11 is 0. The first kappa shape index (κ1) is 16.2. The van der Waals surface area contributed by atoms with Gasteiger partial charge in [-0.3, -0.25) is 0 Å². The molecule has 0 bridgehead atoms. The van der Waals surface area contributed by atoms with Crippen LogP contribution in [0.1, 0.15) is 13.8 Å². The van der Waals surface area contributed by atoms with Crippen LogP contribution >= 0.6 is 0 Å². The normalized spacial score (nSPS) is 23.0. The maximum atomic E-state index is 12.7. The molecule has 2 rings (SSSR count). The van der Waals surface area contributed by atoms with Crippen LogP contribution in [0.15, 0.2) is 29.2 Å². The Morgan fingerprint density at radius 2 is 2.00 bits per heavy atom. The van der Waals surface area contributed by atoms with E-state index < -0.39 is 21.7 Å². The minimum atomic E-state index is -3.61. The fraction of sp³-hybridized carbons (Fsp3) is 0.571. The summed E-state index contributed by atoms with van der Waals surface area (Å²) in [6.45, 7) is 3.81. The SMILES string of the molecule is COc1ccc(S(=O)(=O)N2CC(CO)OC(C)(C)C2)cc1.